The summed E-state index contributed by atoms with van der Waals surface area (Å²) in [5, 5.41) is 1.84. The molecule has 3 rings (SSSR count). The lowest BCUT2D eigenvalue weighted by atomic mass is 9.86. The van der Waals surface area contributed by atoms with E-state index >= 15 is 0 Å². The lowest BCUT2D eigenvalue weighted by Gasteiger charge is -2.32. The third-order valence-electron chi connectivity index (χ3n) is 4.11. The molecule has 2 aliphatic rings. The number of hydrogen-bond donors (Lipinski definition) is 1. The van der Waals surface area contributed by atoms with Gasteiger partial charge in [0.15, 0.2) is 0 Å². The van der Waals surface area contributed by atoms with Gasteiger partial charge in [0.25, 0.3) is 0 Å². The number of thioether (sulfide) groups is 1. The molecule has 0 aliphatic carbocycles. The van der Waals surface area contributed by atoms with Crippen LogP contribution >= 0.6 is 23.1 Å². The first-order valence-corrected chi connectivity index (χ1v) is 9.71. The highest BCUT2D eigenvalue weighted by Crippen LogP contribution is 2.50. The number of nitrogens with two attached hydrogens (primary N) is 1. The lowest BCUT2D eigenvalue weighted by Crippen LogP contribution is -2.40. The van der Waals surface area contributed by atoms with Gasteiger partial charge in [0.2, 0.25) is 5.91 Å². The molecule has 138 valence electrons. The van der Waals surface area contributed by atoms with Crippen LogP contribution in [0.25, 0.3) is 0 Å². The number of thiophene rings is 1. The summed E-state index contributed by atoms with van der Waals surface area (Å²) in [6, 6.07) is 3.63. The number of methoxy groups -OCH3 is 1. The van der Waals surface area contributed by atoms with E-state index in [1.54, 1.807) is 13.8 Å². The van der Waals surface area contributed by atoms with E-state index in [9.17, 15) is 14.4 Å². The second-order valence-corrected chi connectivity index (χ2v) is 7.92. The van der Waals surface area contributed by atoms with Gasteiger partial charge in [-0.1, -0.05) is 17.8 Å². The van der Waals surface area contributed by atoms with Gasteiger partial charge < -0.3 is 15.2 Å². The van der Waals surface area contributed by atoms with E-state index in [1.807, 2.05) is 17.5 Å². The van der Waals surface area contributed by atoms with E-state index in [0.29, 0.717) is 5.03 Å². The van der Waals surface area contributed by atoms with E-state index < -0.39 is 23.1 Å². The number of esters is 2. The third kappa shape index (κ3) is 2.80. The molecule has 3 heterocycles. The number of carbonyl (C=O) groups is 3. The molecule has 26 heavy (non-hydrogen) atoms. The average molecular weight is 394 g/mol. The topological polar surface area (TPSA) is 98.9 Å². The zero-order valence-electron chi connectivity index (χ0n) is 14.5. The van der Waals surface area contributed by atoms with Crippen molar-refractivity contribution in [3.05, 3.63) is 44.4 Å². The van der Waals surface area contributed by atoms with Crippen LogP contribution in [0, 0.1) is 0 Å². The molecule has 0 bridgehead atoms. The first-order valence-electron chi connectivity index (χ1n) is 7.95. The highest BCUT2D eigenvalue weighted by Gasteiger charge is 2.49. The van der Waals surface area contributed by atoms with Crippen LogP contribution in [-0.4, -0.2) is 41.7 Å². The van der Waals surface area contributed by atoms with Crippen molar-refractivity contribution in [3.63, 3.8) is 0 Å². The highest BCUT2D eigenvalue weighted by molar-refractivity contribution is 8.04. The van der Waals surface area contributed by atoms with Crippen LogP contribution in [0.4, 0.5) is 0 Å². The van der Waals surface area contributed by atoms with Crippen LogP contribution in [-0.2, 0) is 23.9 Å². The van der Waals surface area contributed by atoms with Crippen molar-refractivity contribution in [1.82, 2.24) is 4.90 Å². The van der Waals surface area contributed by atoms with Crippen molar-refractivity contribution < 1.29 is 23.9 Å². The second kappa shape index (κ2) is 7.16. The van der Waals surface area contributed by atoms with Gasteiger partial charge in [0.05, 0.1) is 41.1 Å². The van der Waals surface area contributed by atoms with Gasteiger partial charge in [0, 0.05) is 4.88 Å². The molecule has 2 atom stereocenters. The fourth-order valence-corrected chi connectivity index (χ4v) is 4.99. The van der Waals surface area contributed by atoms with Crippen LogP contribution in [0.5, 0.6) is 0 Å². The lowest BCUT2D eigenvalue weighted by molar-refractivity contribution is -0.139. The molecular formula is C17H18N2O5S2. The van der Waals surface area contributed by atoms with E-state index in [4.69, 9.17) is 15.2 Å². The molecule has 7 nitrogen and oxygen atoms in total. The monoisotopic (exact) mass is 394 g/mol. The molecule has 2 unspecified atom stereocenters. The molecule has 0 radical (unpaired) electrons. The van der Waals surface area contributed by atoms with Crippen LogP contribution in [0.2, 0.25) is 0 Å². The maximum Gasteiger partial charge on any atom is 0.338 e. The van der Waals surface area contributed by atoms with Crippen LogP contribution in [0.15, 0.2) is 39.5 Å². The number of rotatable bonds is 4. The standard InChI is InChI=1S/C17H18N2O5S2/c1-4-24-17(22)11-10(9-6-5-7-25-9)12(16(21)23-3)15-19(13(11)18)14(20)8(2)26-15/h5-8,10H,4,18H2,1-3H3. The van der Waals surface area contributed by atoms with Crippen LogP contribution < -0.4 is 5.73 Å². The van der Waals surface area contributed by atoms with Gasteiger partial charge in [-0.05, 0) is 25.3 Å². The molecule has 1 amide bonds. The molecule has 1 aromatic rings. The summed E-state index contributed by atoms with van der Waals surface area (Å²) in [6.45, 7) is 3.56. The molecule has 1 saturated heterocycles. The van der Waals surface area contributed by atoms with Gasteiger partial charge in [0.1, 0.15) is 5.82 Å². The average Bonchev–Trinajstić information content (AvgIpc) is 3.23. The Labute approximate surface area is 158 Å². The summed E-state index contributed by atoms with van der Waals surface area (Å²) in [5.74, 6) is -2.27. The molecule has 1 fully saturated rings. The molecule has 0 saturated carbocycles. The Bertz CT molecular complexity index is 828. The Morgan fingerprint density at radius 2 is 2.04 bits per heavy atom. The Balaban J connectivity index is 2.28. The van der Waals surface area contributed by atoms with Crippen molar-refractivity contribution in [1.29, 1.82) is 0 Å². The molecular weight excluding hydrogens is 376 g/mol. The quantitative estimate of drug-likeness (QED) is 0.779. The van der Waals surface area contributed by atoms with Crippen LogP contribution in [0.1, 0.15) is 24.6 Å². The summed E-state index contributed by atoms with van der Waals surface area (Å²) < 4.78 is 10.1. The first-order chi connectivity index (χ1) is 12.4. The number of ether oxygens (including phenoxy) is 2. The zero-order valence-corrected chi connectivity index (χ0v) is 16.1. The van der Waals surface area contributed by atoms with Crippen molar-refractivity contribution in [2.45, 2.75) is 25.0 Å². The smallest absolute Gasteiger partial charge is 0.338 e. The maximum absolute atomic E-state index is 12.7. The molecule has 2 N–H and O–H groups in total. The highest BCUT2D eigenvalue weighted by atomic mass is 32.2. The van der Waals surface area contributed by atoms with Gasteiger partial charge in [-0.2, -0.15) is 0 Å². The summed E-state index contributed by atoms with van der Waals surface area (Å²) in [6.07, 6.45) is 0. The van der Waals surface area contributed by atoms with Gasteiger partial charge in [-0.15, -0.1) is 11.3 Å². The van der Waals surface area contributed by atoms with Gasteiger partial charge in [-0.25, -0.2) is 9.59 Å². The fourth-order valence-electron chi connectivity index (χ4n) is 2.99. The SMILES string of the molecule is CCOC(=O)C1=C(N)N2C(=O)C(C)SC2=C(C(=O)OC)C1c1cccs1. The summed E-state index contributed by atoms with van der Waals surface area (Å²) in [7, 11) is 1.27. The number of hydrogen-bond acceptors (Lipinski definition) is 8. The first kappa shape index (κ1) is 18.5. The Kier molecular flexibility index (Phi) is 5.10. The Morgan fingerprint density at radius 1 is 1.31 bits per heavy atom. The summed E-state index contributed by atoms with van der Waals surface area (Å²) >= 11 is 2.62. The van der Waals surface area contributed by atoms with E-state index in [1.165, 1.54) is 35.1 Å². The Hall–Kier alpha value is -2.26. The minimum Gasteiger partial charge on any atom is -0.466 e. The Morgan fingerprint density at radius 3 is 2.62 bits per heavy atom. The predicted molar refractivity (Wildman–Crippen MR) is 97.8 cm³/mol. The third-order valence-corrected chi connectivity index (χ3v) is 6.23. The van der Waals surface area contributed by atoms with E-state index in [2.05, 4.69) is 0 Å². The molecule has 0 spiro atoms. The minimum absolute atomic E-state index is 0.00588. The van der Waals surface area contributed by atoms with E-state index in [0.717, 1.165) is 4.88 Å². The largest absolute Gasteiger partial charge is 0.466 e. The van der Waals surface area contributed by atoms with Crippen molar-refractivity contribution in [3.8, 4) is 0 Å². The zero-order chi connectivity index (χ0) is 19.0. The summed E-state index contributed by atoms with van der Waals surface area (Å²) in [4.78, 5) is 39.9. The van der Waals surface area contributed by atoms with Crippen molar-refractivity contribution >= 4 is 40.9 Å². The van der Waals surface area contributed by atoms with E-state index in [-0.39, 0.29) is 29.5 Å². The molecule has 0 aromatic carbocycles. The minimum atomic E-state index is -0.738. The second-order valence-electron chi connectivity index (χ2n) is 5.61. The molecule has 2 aliphatic heterocycles. The summed E-state index contributed by atoms with van der Waals surface area (Å²) in [5.41, 5.74) is 6.55. The van der Waals surface area contributed by atoms with Crippen molar-refractivity contribution in [2.75, 3.05) is 13.7 Å². The number of nitrogens with zero attached hydrogens (tertiary/aromatic N) is 1. The van der Waals surface area contributed by atoms with Crippen molar-refractivity contribution in [2.24, 2.45) is 5.73 Å². The predicted octanol–water partition coefficient (Wildman–Crippen LogP) is 1.93. The normalized spacial score (nSPS) is 22.6. The maximum atomic E-state index is 12.7. The fraction of sp³-hybridized carbons (Fsp3) is 0.353. The van der Waals surface area contributed by atoms with Gasteiger partial charge >= 0.3 is 11.9 Å². The number of carbonyl (C=O) groups excluding carboxylic acids is 3. The van der Waals surface area contributed by atoms with Crippen LogP contribution in [0.3, 0.4) is 0 Å². The molecule has 9 heteroatoms. The number of amides is 1. The number of fused-ring (bicyclic) bond motifs is 1. The van der Waals surface area contributed by atoms with Gasteiger partial charge in [-0.3, -0.25) is 9.69 Å². The molecule has 1 aromatic heterocycles.